The van der Waals surface area contributed by atoms with Crippen molar-refractivity contribution in [2.24, 2.45) is 11.8 Å². The molecule has 2 atom stereocenters. The van der Waals surface area contributed by atoms with Gasteiger partial charge in [0.2, 0.25) is 0 Å². The first-order chi connectivity index (χ1) is 11.2. The normalized spacial score (nSPS) is 24.8. The molecule has 1 aliphatic carbocycles. The Labute approximate surface area is 136 Å². The Bertz CT molecular complexity index is 723. The third-order valence-electron chi connectivity index (χ3n) is 5.52. The number of carbonyl (C=O) groups excluding carboxylic acids is 1. The average molecular weight is 307 g/mol. The Morgan fingerprint density at radius 3 is 2.48 bits per heavy atom. The summed E-state index contributed by atoms with van der Waals surface area (Å²) in [6.07, 6.45) is 3.33. The van der Waals surface area contributed by atoms with Crippen molar-refractivity contribution in [3.63, 3.8) is 0 Å². The number of cyclic esters (lactones) is 1. The van der Waals surface area contributed by atoms with Gasteiger partial charge < -0.3 is 4.74 Å². The highest BCUT2D eigenvalue weighted by molar-refractivity contribution is 5.89. The zero-order valence-corrected chi connectivity index (χ0v) is 13.3. The van der Waals surface area contributed by atoms with Gasteiger partial charge in [-0.1, -0.05) is 74.7 Å². The molecule has 2 aliphatic rings. The van der Waals surface area contributed by atoms with E-state index in [-0.39, 0.29) is 12.0 Å². The van der Waals surface area contributed by atoms with Crippen LogP contribution in [0.15, 0.2) is 54.6 Å². The lowest BCUT2D eigenvalue weighted by atomic mass is 9.64. The van der Waals surface area contributed by atoms with Gasteiger partial charge in [0.15, 0.2) is 5.60 Å². The van der Waals surface area contributed by atoms with Crippen LogP contribution in [0.3, 0.4) is 0 Å². The minimum absolute atomic E-state index is 0.242. The summed E-state index contributed by atoms with van der Waals surface area (Å²) in [6.45, 7) is 2.23. The number of ether oxygens (including phenoxy) is 1. The molecule has 2 aromatic rings. The fourth-order valence-corrected chi connectivity index (χ4v) is 4.03. The molecule has 3 nitrogen and oxygen atoms in total. The molecule has 0 aromatic heterocycles. The molecule has 1 heterocycles. The standard InChI is InChI=1S/C20H21NO2/c1-14(15-8-7-9-15)20(16-10-3-2-4-11-16)17-12-5-6-13-18(17)21-19(22)23-20/h2-6,10-15H,7-9H2,1H3,(H,21,22). The van der Waals surface area contributed by atoms with E-state index in [1.807, 2.05) is 36.4 Å². The molecule has 0 spiro atoms. The first-order valence-electron chi connectivity index (χ1n) is 8.37. The van der Waals surface area contributed by atoms with Crippen LogP contribution in [0, 0.1) is 11.8 Å². The molecule has 1 fully saturated rings. The summed E-state index contributed by atoms with van der Waals surface area (Å²) in [5.74, 6) is 0.833. The third-order valence-corrected chi connectivity index (χ3v) is 5.52. The smallest absolute Gasteiger partial charge is 0.412 e. The van der Waals surface area contributed by atoms with Crippen LogP contribution < -0.4 is 5.32 Å². The largest absolute Gasteiger partial charge is 0.432 e. The Balaban J connectivity index is 1.94. The fourth-order valence-electron chi connectivity index (χ4n) is 4.03. The molecular formula is C20H21NO2. The SMILES string of the molecule is CC(C1CCC1)C1(c2ccccc2)OC(=O)Nc2ccccc21. The number of amides is 1. The van der Waals surface area contributed by atoms with Crippen LogP contribution >= 0.6 is 0 Å². The number of fused-ring (bicyclic) bond motifs is 1. The van der Waals surface area contributed by atoms with Crippen LogP contribution in [0.5, 0.6) is 0 Å². The highest BCUT2D eigenvalue weighted by atomic mass is 16.6. The minimum Gasteiger partial charge on any atom is -0.432 e. The highest BCUT2D eigenvalue weighted by Crippen LogP contribution is 2.52. The molecule has 2 unspecified atom stereocenters. The quantitative estimate of drug-likeness (QED) is 0.873. The molecule has 1 amide bonds. The van der Waals surface area contributed by atoms with Crippen molar-refractivity contribution in [3.8, 4) is 0 Å². The maximum Gasteiger partial charge on any atom is 0.412 e. The second-order valence-electron chi connectivity index (χ2n) is 6.64. The van der Waals surface area contributed by atoms with Gasteiger partial charge in [-0.25, -0.2) is 4.79 Å². The van der Waals surface area contributed by atoms with Crippen molar-refractivity contribution in [1.82, 2.24) is 0 Å². The topological polar surface area (TPSA) is 38.3 Å². The van der Waals surface area contributed by atoms with E-state index >= 15 is 0 Å². The molecule has 3 heteroatoms. The summed E-state index contributed by atoms with van der Waals surface area (Å²) in [6, 6.07) is 18.2. The number of nitrogens with one attached hydrogen (secondary N) is 1. The zero-order valence-electron chi connectivity index (χ0n) is 13.3. The third kappa shape index (κ3) is 2.14. The zero-order chi connectivity index (χ0) is 15.9. The van der Waals surface area contributed by atoms with Crippen LogP contribution in [0.1, 0.15) is 37.3 Å². The second kappa shape index (κ2) is 5.41. The van der Waals surface area contributed by atoms with Crippen LogP contribution in [0.2, 0.25) is 0 Å². The monoisotopic (exact) mass is 307 g/mol. The molecular weight excluding hydrogens is 286 g/mol. The number of benzene rings is 2. The predicted molar refractivity (Wildman–Crippen MR) is 90.3 cm³/mol. The first-order valence-corrected chi connectivity index (χ1v) is 8.37. The number of para-hydroxylation sites is 1. The second-order valence-corrected chi connectivity index (χ2v) is 6.64. The minimum atomic E-state index is -0.703. The summed E-state index contributed by atoms with van der Waals surface area (Å²) >= 11 is 0. The lowest BCUT2D eigenvalue weighted by Gasteiger charge is -2.47. The van der Waals surface area contributed by atoms with Gasteiger partial charge in [0.1, 0.15) is 0 Å². The number of hydrogen-bond acceptors (Lipinski definition) is 2. The fraction of sp³-hybridized carbons (Fsp3) is 0.350. The number of rotatable bonds is 3. The van der Waals surface area contributed by atoms with Crippen LogP contribution in [0.4, 0.5) is 10.5 Å². The van der Waals surface area contributed by atoms with E-state index in [1.165, 1.54) is 19.3 Å². The van der Waals surface area contributed by atoms with E-state index in [0.717, 1.165) is 16.8 Å². The summed E-state index contributed by atoms with van der Waals surface area (Å²) in [7, 11) is 0. The molecule has 0 bridgehead atoms. The molecule has 23 heavy (non-hydrogen) atoms. The molecule has 118 valence electrons. The van der Waals surface area contributed by atoms with Gasteiger partial charge in [0, 0.05) is 17.0 Å². The van der Waals surface area contributed by atoms with Crippen molar-refractivity contribution in [1.29, 1.82) is 0 Å². The Kier molecular flexibility index (Phi) is 3.37. The predicted octanol–water partition coefficient (Wildman–Crippen LogP) is 4.93. The maximum absolute atomic E-state index is 12.3. The average Bonchev–Trinajstić information content (AvgIpc) is 2.53. The van der Waals surface area contributed by atoms with E-state index < -0.39 is 5.60 Å². The van der Waals surface area contributed by atoms with E-state index in [4.69, 9.17) is 4.74 Å². The van der Waals surface area contributed by atoms with Gasteiger partial charge in [-0.15, -0.1) is 0 Å². The molecule has 1 aliphatic heterocycles. The lowest BCUT2D eigenvalue weighted by Crippen LogP contribution is -2.48. The van der Waals surface area contributed by atoms with Crippen molar-refractivity contribution in [2.75, 3.05) is 5.32 Å². The Morgan fingerprint density at radius 1 is 1.09 bits per heavy atom. The Morgan fingerprint density at radius 2 is 1.78 bits per heavy atom. The molecule has 1 N–H and O–H groups in total. The number of hydrogen-bond donors (Lipinski definition) is 1. The van der Waals surface area contributed by atoms with Gasteiger partial charge in [-0.2, -0.15) is 0 Å². The molecule has 0 radical (unpaired) electrons. The van der Waals surface area contributed by atoms with Gasteiger partial charge >= 0.3 is 6.09 Å². The maximum atomic E-state index is 12.3. The van der Waals surface area contributed by atoms with E-state index in [1.54, 1.807) is 0 Å². The Hall–Kier alpha value is -2.29. The lowest BCUT2D eigenvalue weighted by molar-refractivity contribution is -0.0337. The van der Waals surface area contributed by atoms with Crippen LogP contribution in [-0.2, 0) is 10.3 Å². The number of anilines is 1. The molecule has 1 saturated carbocycles. The van der Waals surface area contributed by atoms with Crippen LogP contribution in [0.25, 0.3) is 0 Å². The summed E-state index contributed by atoms with van der Waals surface area (Å²) in [4.78, 5) is 12.3. The van der Waals surface area contributed by atoms with Crippen LogP contribution in [-0.4, -0.2) is 6.09 Å². The summed E-state index contributed by atoms with van der Waals surface area (Å²) in [5.41, 5.74) is 2.27. The van der Waals surface area contributed by atoms with Gasteiger partial charge in [0.25, 0.3) is 0 Å². The first kappa shape index (κ1) is 14.3. The van der Waals surface area contributed by atoms with E-state index in [9.17, 15) is 4.79 Å². The molecule has 2 aromatic carbocycles. The number of carbonyl (C=O) groups is 1. The van der Waals surface area contributed by atoms with Crippen molar-refractivity contribution in [3.05, 3.63) is 65.7 Å². The van der Waals surface area contributed by atoms with Crippen molar-refractivity contribution < 1.29 is 9.53 Å². The van der Waals surface area contributed by atoms with E-state index in [0.29, 0.717) is 5.92 Å². The van der Waals surface area contributed by atoms with Crippen molar-refractivity contribution >= 4 is 11.8 Å². The van der Waals surface area contributed by atoms with Gasteiger partial charge in [0.05, 0.1) is 5.69 Å². The summed E-state index contributed by atoms with van der Waals surface area (Å²) in [5, 5.41) is 2.85. The molecule has 0 saturated heterocycles. The van der Waals surface area contributed by atoms with Gasteiger partial charge in [-0.3, -0.25) is 5.32 Å². The highest BCUT2D eigenvalue weighted by Gasteiger charge is 2.51. The molecule has 4 rings (SSSR count). The van der Waals surface area contributed by atoms with Crippen molar-refractivity contribution in [2.45, 2.75) is 31.8 Å². The summed E-state index contributed by atoms with van der Waals surface area (Å²) < 4.78 is 6.06. The van der Waals surface area contributed by atoms with E-state index in [2.05, 4.69) is 30.4 Å². The van der Waals surface area contributed by atoms with Gasteiger partial charge in [-0.05, 0) is 12.0 Å².